The summed E-state index contributed by atoms with van der Waals surface area (Å²) in [6.45, 7) is 3.32. The van der Waals surface area contributed by atoms with E-state index in [2.05, 4.69) is 5.10 Å². The average molecular weight is 385 g/mol. The topological polar surface area (TPSA) is 95.6 Å². The Labute approximate surface area is 163 Å². The van der Waals surface area contributed by atoms with Crippen molar-refractivity contribution in [3.05, 3.63) is 47.0 Å². The van der Waals surface area contributed by atoms with Gasteiger partial charge in [-0.15, -0.1) is 5.10 Å². The van der Waals surface area contributed by atoms with Crippen molar-refractivity contribution in [2.75, 3.05) is 27.1 Å². The molecule has 1 atom stereocenters. The molecule has 1 aliphatic rings. The van der Waals surface area contributed by atoms with Crippen LogP contribution in [0.3, 0.4) is 0 Å². The number of nitrogens with zero attached hydrogens (tertiary/aromatic N) is 2. The Morgan fingerprint density at radius 2 is 1.75 bits per heavy atom. The van der Waals surface area contributed by atoms with Gasteiger partial charge in [-0.1, -0.05) is 0 Å². The molecule has 148 valence electrons. The predicted molar refractivity (Wildman–Crippen MR) is 105 cm³/mol. The van der Waals surface area contributed by atoms with E-state index in [4.69, 9.17) is 24.7 Å². The van der Waals surface area contributed by atoms with Crippen molar-refractivity contribution in [2.24, 2.45) is 5.10 Å². The Balaban J connectivity index is 2.03. The van der Waals surface area contributed by atoms with E-state index < -0.39 is 6.23 Å². The van der Waals surface area contributed by atoms with Gasteiger partial charge in [-0.25, -0.2) is 0 Å². The van der Waals surface area contributed by atoms with Crippen molar-refractivity contribution in [1.82, 2.24) is 5.01 Å². The third-order valence-electron chi connectivity index (χ3n) is 4.46. The van der Waals surface area contributed by atoms with Crippen LogP contribution in [-0.4, -0.2) is 38.1 Å². The number of rotatable bonds is 5. The summed E-state index contributed by atoms with van der Waals surface area (Å²) in [5, 5.41) is 5.64. The molecule has 28 heavy (non-hydrogen) atoms. The number of methoxy groups -OCH3 is 3. The van der Waals surface area contributed by atoms with E-state index in [0.717, 1.165) is 11.1 Å². The lowest BCUT2D eigenvalue weighted by atomic mass is 10.1. The highest BCUT2D eigenvalue weighted by atomic mass is 16.5. The quantitative estimate of drug-likeness (QED) is 0.795. The Hall–Kier alpha value is -3.42. The van der Waals surface area contributed by atoms with Crippen LogP contribution in [0.4, 0.5) is 5.69 Å². The number of hydrogen-bond acceptors (Lipinski definition) is 7. The number of nitrogens with two attached hydrogens (primary N) is 1. The first-order chi connectivity index (χ1) is 13.4. The molecule has 0 aliphatic carbocycles. The minimum absolute atomic E-state index is 0.263. The predicted octanol–water partition coefficient (Wildman–Crippen LogP) is 2.84. The Kier molecular flexibility index (Phi) is 5.30. The second-order valence-electron chi connectivity index (χ2n) is 6.27. The molecule has 1 unspecified atom stereocenters. The summed E-state index contributed by atoms with van der Waals surface area (Å²) in [5.41, 5.74) is 8.82. The van der Waals surface area contributed by atoms with Crippen molar-refractivity contribution in [2.45, 2.75) is 20.1 Å². The third kappa shape index (κ3) is 3.40. The molecule has 1 aliphatic heterocycles. The molecule has 1 heterocycles. The molecule has 0 aromatic heterocycles. The average Bonchev–Trinajstić information content (AvgIpc) is 3.14. The van der Waals surface area contributed by atoms with Crippen molar-refractivity contribution >= 4 is 17.5 Å². The molecule has 0 spiro atoms. The van der Waals surface area contributed by atoms with Crippen LogP contribution in [0.2, 0.25) is 0 Å². The van der Waals surface area contributed by atoms with Crippen LogP contribution < -0.4 is 19.9 Å². The standard InChI is InChI=1S/C20H23N3O5/c1-11-8-13(6-7-15(11)21)19-22-23(12(2)24)20(28-19)14-9-16(25-3)18(27-5)17(10-14)26-4/h6-10,20H,21H2,1-5H3. The van der Waals surface area contributed by atoms with Gasteiger partial charge in [0.1, 0.15) is 0 Å². The number of carbonyl (C=O) groups excluding carboxylic acids is 1. The fourth-order valence-corrected chi connectivity index (χ4v) is 2.95. The maximum Gasteiger partial charge on any atom is 0.243 e. The number of anilines is 1. The Morgan fingerprint density at radius 1 is 1.11 bits per heavy atom. The molecule has 0 saturated heterocycles. The van der Waals surface area contributed by atoms with E-state index in [1.165, 1.54) is 33.3 Å². The monoisotopic (exact) mass is 385 g/mol. The van der Waals surface area contributed by atoms with Crippen LogP contribution in [-0.2, 0) is 9.53 Å². The lowest BCUT2D eigenvalue weighted by Crippen LogP contribution is -2.25. The van der Waals surface area contributed by atoms with Crippen LogP contribution in [0.5, 0.6) is 17.2 Å². The van der Waals surface area contributed by atoms with E-state index in [1.807, 2.05) is 13.0 Å². The van der Waals surface area contributed by atoms with Crippen LogP contribution in [0.1, 0.15) is 29.8 Å². The van der Waals surface area contributed by atoms with Gasteiger partial charge in [-0.3, -0.25) is 4.79 Å². The van der Waals surface area contributed by atoms with E-state index in [9.17, 15) is 4.79 Å². The summed E-state index contributed by atoms with van der Waals surface area (Å²) in [5.74, 6) is 1.44. The molecule has 1 amide bonds. The molecule has 0 fully saturated rings. The highest BCUT2D eigenvalue weighted by molar-refractivity contribution is 5.97. The van der Waals surface area contributed by atoms with Crippen molar-refractivity contribution < 1.29 is 23.7 Å². The maximum absolute atomic E-state index is 12.2. The number of carbonyl (C=O) groups is 1. The van der Waals surface area contributed by atoms with Gasteiger partial charge in [0.2, 0.25) is 23.8 Å². The number of benzene rings is 2. The molecule has 3 rings (SSSR count). The molecule has 0 saturated carbocycles. The number of hydrazone groups is 1. The second-order valence-corrected chi connectivity index (χ2v) is 6.27. The third-order valence-corrected chi connectivity index (χ3v) is 4.46. The molecule has 2 aromatic rings. The summed E-state index contributed by atoms with van der Waals surface area (Å²) in [4.78, 5) is 12.2. The zero-order chi connectivity index (χ0) is 20.4. The highest BCUT2D eigenvalue weighted by Crippen LogP contribution is 2.42. The molecule has 0 bridgehead atoms. The fourth-order valence-electron chi connectivity index (χ4n) is 2.95. The fraction of sp³-hybridized carbons (Fsp3) is 0.300. The molecule has 8 heteroatoms. The van der Waals surface area contributed by atoms with E-state index in [1.54, 1.807) is 24.3 Å². The normalized spacial score (nSPS) is 15.7. The lowest BCUT2D eigenvalue weighted by molar-refractivity contribution is -0.135. The molecule has 0 radical (unpaired) electrons. The zero-order valence-corrected chi connectivity index (χ0v) is 16.5. The molecule has 2 N–H and O–H groups in total. The van der Waals surface area contributed by atoms with Gasteiger partial charge in [-0.2, -0.15) is 5.01 Å². The number of aryl methyl sites for hydroxylation is 1. The Bertz CT molecular complexity index is 916. The summed E-state index contributed by atoms with van der Waals surface area (Å²) in [6.07, 6.45) is -0.765. The van der Waals surface area contributed by atoms with E-state index >= 15 is 0 Å². The zero-order valence-electron chi connectivity index (χ0n) is 16.5. The number of ether oxygens (including phenoxy) is 4. The van der Waals surface area contributed by atoms with Crippen LogP contribution in [0, 0.1) is 6.92 Å². The van der Waals surface area contributed by atoms with Gasteiger partial charge < -0.3 is 24.7 Å². The number of hydrogen-bond donors (Lipinski definition) is 1. The highest BCUT2D eigenvalue weighted by Gasteiger charge is 2.34. The second kappa shape index (κ2) is 7.67. The lowest BCUT2D eigenvalue weighted by Gasteiger charge is -2.21. The van der Waals surface area contributed by atoms with Gasteiger partial charge in [0.25, 0.3) is 0 Å². The van der Waals surface area contributed by atoms with Crippen LogP contribution in [0.15, 0.2) is 35.4 Å². The van der Waals surface area contributed by atoms with E-state index in [-0.39, 0.29) is 5.91 Å². The molecule has 2 aromatic carbocycles. The smallest absolute Gasteiger partial charge is 0.243 e. The number of amides is 1. The maximum atomic E-state index is 12.2. The minimum atomic E-state index is -0.765. The van der Waals surface area contributed by atoms with Crippen molar-refractivity contribution in [3.63, 3.8) is 0 Å². The first-order valence-electron chi connectivity index (χ1n) is 8.61. The summed E-state index contributed by atoms with van der Waals surface area (Å²) in [7, 11) is 4.58. The van der Waals surface area contributed by atoms with Crippen molar-refractivity contribution in [3.8, 4) is 17.2 Å². The van der Waals surface area contributed by atoms with Gasteiger partial charge in [0, 0.05) is 23.7 Å². The van der Waals surface area contributed by atoms with Gasteiger partial charge in [0.05, 0.1) is 21.3 Å². The van der Waals surface area contributed by atoms with Gasteiger partial charge in [0.15, 0.2) is 11.5 Å². The van der Waals surface area contributed by atoms with Gasteiger partial charge >= 0.3 is 0 Å². The molecular formula is C20H23N3O5. The molecule has 8 nitrogen and oxygen atoms in total. The largest absolute Gasteiger partial charge is 0.493 e. The van der Waals surface area contributed by atoms with Crippen LogP contribution in [0.25, 0.3) is 0 Å². The first-order valence-corrected chi connectivity index (χ1v) is 8.61. The van der Waals surface area contributed by atoms with Crippen molar-refractivity contribution in [1.29, 1.82) is 0 Å². The SMILES string of the molecule is COc1cc(C2OC(c3ccc(N)c(C)c3)=NN2C(C)=O)cc(OC)c1OC. The summed E-state index contributed by atoms with van der Waals surface area (Å²) >= 11 is 0. The summed E-state index contributed by atoms with van der Waals surface area (Å²) in [6, 6.07) is 8.91. The Morgan fingerprint density at radius 3 is 2.25 bits per heavy atom. The van der Waals surface area contributed by atoms with Gasteiger partial charge in [-0.05, 0) is 42.8 Å². The minimum Gasteiger partial charge on any atom is -0.493 e. The molecular weight excluding hydrogens is 362 g/mol. The van der Waals surface area contributed by atoms with E-state index in [0.29, 0.717) is 34.4 Å². The van der Waals surface area contributed by atoms with Crippen LogP contribution >= 0.6 is 0 Å². The summed E-state index contributed by atoms with van der Waals surface area (Å²) < 4.78 is 22.2. The first kappa shape index (κ1) is 19.3. The number of nitrogen functional groups attached to an aromatic ring is 1.